The molecule has 2 heterocycles. The fourth-order valence-electron chi connectivity index (χ4n) is 4.60. The van der Waals surface area contributed by atoms with E-state index in [2.05, 4.69) is 4.98 Å². The molecular weight excluding hydrogens is 444 g/mol. The zero-order valence-electron chi connectivity index (χ0n) is 18.7. The third-order valence-corrected chi connectivity index (χ3v) is 6.61. The Morgan fingerprint density at radius 3 is 2.12 bits per heavy atom. The Bertz CT molecular complexity index is 877. The topological polar surface area (TPSA) is 96.7 Å². The molecule has 3 rings (SSSR count). The summed E-state index contributed by atoms with van der Waals surface area (Å²) < 4.78 is 7.34. The predicted octanol–water partition coefficient (Wildman–Crippen LogP) is 4.55. The van der Waals surface area contributed by atoms with Gasteiger partial charge in [0.2, 0.25) is 0 Å². The number of carboxylic acid groups (broad SMARTS) is 2. The Morgan fingerprint density at radius 2 is 1.61 bits per heavy atom. The molecule has 178 valence electrons. The summed E-state index contributed by atoms with van der Waals surface area (Å²) in [6.07, 6.45) is 4.62. The van der Waals surface area contributed by atoms with Gasteiger partial charge in [-0.3, -0.25) is 14.6 Å². The summed E-state index contributed by atoms with van der Waals surface area (Å²) >= 11 is 6.08. The van der Waals surface area contributed by atoms with Crippen LogP contribution in [-0.4, -0.2) is 63.9 Å². The van der Waals surface area contributed by atoms with Crippen LogP contribution in [0.1, 0.15) is 55.9 Å². The molecule has 33 heavy (non-hydrogen) atoms. The molecule has 1 aliphatic heterocycles. The largest absolute Gasteiger partial charge is 0.481 e. The maximum Gasteiger partial charge on any atom is 0.303 e. The van der Waals surface area contributed by atoms with E-state index >= 15 is 0 Å². The first-order valence-electron chi connectivity index (χ1n) is 11.5. The number of halogens is 1. The Balaban J connectivity index is 1.67. The van der Waals surface area contributed by atoms with Gasteiger partial charge in [0.05, 0.1) is 50.8 Å². The standard InChI is InChI=1S/C25H31ClN2O5/c26-20-10-8-19(9-11-20)25(22-5-1-2-14-27-22)33-21-12-17-28(18-13-21,15-3-6-23(29)30)16-4-7-24(31)32/h1-2,5,8-11,14,21,25H,3-4,6-7,12-13,15-18H2,(H-,29,30,31,32)/p+1/t25-/m0/s1. The molecule has 0 unspecified atom stereocenters. The van der Waals surface area contributed by atoms with Crippen LogP contribution in [0.15, 0.2) is 48.7 Å². The van der Waals surface area contributed by atoms with Gasteiger partial charge in [-0.15, -0.1) is 0 Å². The highest BCUT2D eigenvalue weighted by atomic mass is 35.5. The van der Waals surface area contributed by atoms with E-state index in [0.29, 0.717) is 17.9 Å². The van der Waals surface area contributed by atoms with E-state index in [1.54, 1.807) is 6.20 Å². The molecule has 2 N–H and O–H groups in total. The van der Waals surface area contributed by atoms with E-state index in [0.717, 1.165) is 54.8 Å². The first-order valence-corrected chi connectivity index (χ1v) is 11.9. The van der Waals surface area contributed by atoms with E-state index in [1.165, 1.54) is 0 Å². The molecular formula is C25H32ClN2O5+. The van der Waals surface area contributed by atoms with Gasteiger partial charge in [-0.2, -0.15) is 0 Å². The minimum atomic E-state index is -0.793. The maximum absolute atomic E-state index is 11.0. The van der Waals surface area contributed by atoms with Gasteiger partial charge in [0, 0.05) is 36.9 Å². The van der Waals surface area contributed by atoms with Crippen LogP contribution in [0.5, 0.6) is 0 Å². The van der Waals surface area contributed by atoms with Gasteiger partial charge in [-0.1, -0.05) is 29.8 Å². The van der Waals surface area contributed by atoms with Crippen molar-refractivity contribution in [3.63, 3.8) is 0 Å². The lowest BCUT2D eigenvalue weighted by molar-refractivity contribution is -0.933. The number of piperidine rings is 1. The van der Waals surface area contributed by atoms with Crippen LogP contribution >= 0.6 is 11.6 Å². The molecule has 1 saturated heterocycles. The molecule has 2 aromatic rings. The molecule has 0 bridgehead atoms. The van der Waals surface area contributed by atoms with E-state index in [1.807, 2.05) is 42.5 Å². The van der Waals surface area contributed by atoms with E-state index in [4.69, 9.17) is 26.6 Å². The number of quaternary nitrogens is 1. The van der Waals surface area contributed by atoms with Crippen molar-refractivity contribution in [2.75, 3.05) is 26.2 Å². The smallest absolute Gasteiger partial charge is 0.303 e. The van der Waals surface area contributed by atoms with Crippen LogP contribution in [0.4, 0.5) is 0 Å². The van der Waals surface area contributed by atoms with Gasteiger partial charge < -0.3 is 19.4 Å². The predicted molar refractivity (Wildman–Crippen MR) is 125 cm³/mol. The summed E-state index contributed by atoms with van der Waals surface area (Å²) in [6.45, 7) is 3.19. The second-order valence-corrected chi connectivity index (χ2v) is 9.19. The molecule has 0 spiro atoms. The number of carboxylic acids is 2. The van der Waals surface area contributed by atoms with Crippen molar-refractivity contribution in [2.45, 2.75) is 50.7 Å². The van der Waals surface area contributed by atoms with Gasteiger partial charge in [0.15, 0.2) is 0 Å². The van der Waals surface area contributed by atoms with Crippen molar-refractivity contribution in [1.82, 2.24) is 4.98 Å². The highest BCUT2D eigenvalue weighted by Crippen LogP contribution is 2.31. The fourth-order valence-corrected chi connectivity index (χ4v) is 4.72. The first kappa shape index (κ1) is 25.1. The van der Waals surface area contributed by atoms with Crippen LogP contribution in [-0.2, 0) is 14.3 Å². The van der Waals surface area contributed by atoms with Crippen molar-refractivity contribution < 1.29 is 29.0 Å². The normalized spacial score (nSPS) is 16.9. The SMILES string of the molecule is O=C(O)CCC[N+]1(CCCC(=O)O)CCC(O[C@@H](c2ccc(Cl)cc2)c2ccccn2)CC1. The van der Waals surface area contributed by atoms with Gasteiger partial charge >= 0.3 is 11.9 Å². The zero-order chi connectivity index (χ0) is 23.7. The summed E-state index contributed by atoms with van der Waals surface area (Å²) in [5.74, 6) is -1.59. The number of carbonyl (C=O) groups is 2. The van der Waals surface area contributed by atoms with Crippen molar-refractivity contribution in [3.05, 3.63) is 64.9 Å². The van der Waals surface area contributed by atoms with Gasteiger partial charge in [0.25, 0.3) is 0 Å². The Labute approximate surface area is 199 Å². The third-order valence-electron chi connectivity index (χ3n) is 6.35. The number of benzene rings is 1. The molecule has 8 heteroatoms. The van der Waals surface area contributed by atoms with Crippen LogP contribution in [0.25, 0.3) is 0 Å². The number of rotatable bonds is 12. The summed E-state index contributed by atoms with van der Waals surface area (Å²) in [4.78, 5) is 26.5. The molecule has 1 aromatic carbocycles. The summed E-state index contributed by atoms with van der Waals surface area (Å²) in [5, 5.41) is 18.7. The monoisotopic (exact) mass is 475 g/mol. The number of ether oxygens (including phenoxy) is 1. The second-order valence-electron chi connectivity index (χ2n) is 8.75. The average Bonchev–Trinajstić information content (AvgIpc) is 2.79. The van der Waals surface area contributed by atoms with Gasteiger partial charge in [-0.05, 0) is 29.8 Å². The summed E-state index contributed by atoms with van der Waals surface area (Å²) in [7, 11) is 0. The van der Waals surface area contributed by atoms with Gasteiger partial charge in [0.1, 0.15) is 6.10 Å². The average molecular weight is 476 g/mol. The molecule has 7 nitrogen and oxygen atoms in total. The number of aliphatic carboxylic acids is 2. The van der Waals surface area contributed by atoms with Crippen LogP contribution in [0.2, 0.25) is 5.02 Å². The molecule has 1 atom stereocenters. The van der Waals surface area contributed by atoms with Crippen LogP contribution in [0.3, 0.4) is 0 Å². The van der Waals surface area contributed by atoms with E-state index in [9.17, 15) is 9.59 Å². The molecule has 1 aliphatic rings. The first-order chi connectivity index (χ1) is 15.9. The lowest BCUT2D eigenvalue weighted by Crippen LogP contribution is -2.55. The molecule has 0 aliphatic carbocycles. The number of nitrogens with zero attached hydrogens (tertiary/aromatic N) is 2. The van der Waals surface area contributed by atoms with Crippen LogP contribution in [0, 0.1) is 0 Å². The zero-order valence-corrected chi connectivity index (χ0v) is 19.5. The number of hydrogen-bond donors (Lipinski definition) is 2. The van der Waals surface area contributed by atoms with Crippen molar-refractivity contribution in [3.8, 4) is 0 Å². The van der Waals surface area contributed by atoms with E-state index in [-0.39, 0.29) is 25.0 Å². The Morgan fingerprint density at radius 1 is 1.00 bits per heavy atom. The summed E-state index contributed by atoms with van der Waals surface area (Å²) in [5.41, 5.74) is 1.83. The number of aromatic nitrogens is 1. The van der Waals surface area contributed by atoms with Crippen molar-refractivity contribution in [2.24, 2.45) is 0 Å². The minimum Gasteiger partial charge on any atom is -0.481 e. The fraction of sp³-hybridized carbons (Fsp3) is 0.480. The quantitative estimate of drug-likeness (QED) is 0.437. The number of pyridine rings is 1. The minimum absolute atomic E-state index is 0.0397. The van der Waals surface area contributed by atoms with Crippen molar-refractivity contribution in [1.29, 1.82) is 0 Å². The molecule has 1 fully saturated rings. The number of hydrogen-bond acceptors (Lipinski definition) is 4. The lowest BCUT2D eigenvalue weighted by Gasteiger charge is -2.44. The van der Waals surface area contributed by atoms with Crippen LogP contribution < -0.4 is 0 Å². The molecule has 0 radical (unpaired) electrons. The Kier molecular flexibility index (Phi) is 9.23. The summed E-state index contributed by atoms with van der Waals surface area (Å²) in [6, 6.07) is 13.4. The second kappa shape index (κ2) is 12.1. The van der Waals surface area contributed by atoms with E-state index < -0.39 is 11.9 Å². The third kappa shape index (κ3) is 7.81. The highest BCUT2D eigenvalue weighted by molar-refractivity contribution is 6.30. The molecule has 0 saturated carbocycles. The maximum atomic E-state index is 11.0. The van der Waals surface area contributed by atoms with Gasteiger partial charge in [-0.25, -0.2) is 0 Å². The molecule has 1 aromatic heterocycles. The lowest BCUT2D eigenvalue weighted by atomic mass is 10.0. The van der Waals surface area contributed by atoms with Crippen molar-refractivity contribution >= 4 is 23.5 Å². The highest BCUT2D eigenvalue weighted by Gasteiger charge is 2.35. The molecule has 0 amide bonds. The Hall–Kier alpha value is -2.48. The number of likely N-dealkylation sites (tertiary alicyclic amines) is 1.